The number of aryl methyl sites for hydroxylation is 1. The summed E-state index contributed by atoms with van der Waals surface area (Å²) in [6, 6.07) is 10.8. The van der Waals surface area contributed by atoms with Crippen LogP contribution >= 0.6 is 11.8 Å². The fourth-order valence-corrected chi connectivity index (χ4v) is 2.91. The minimum Gasteiger partial charge on any atom is -0.131 e. The maximum Gasteiger partial charge on any atom is 0.00172 e. The lowest BCUT2D eigenvalue weighted by atomic mass is 10.2. The van der Waals surface area contributed by atoms with Crippen molar-refractivity contribution in [1.29, 1.82) is 0 Å². The Hall–Kier alpha value is -0.690. The summed E-state index contributed by atoms with van der Waals surface area (Å²) in [6.07, 6.45) is 8.60. The van der Waals surface area contributed by atoms with Crippen LogP contribution in [0.1, 0.15) is 45.1 Å². The quantitative estimate of drug-likeness (QED) is 0.590. The van der Waals surface area contributed by atoms with Crippen LogP contribution in [-0.2, 0) is 6.42 Å². The van der Waals surface area contributed by atoms with Gasteiger partial charge >= 0.3 is 0 Å². The molecule has 0 nitrogen and oxygen atoms in total. The summed E-state index contributed by atoms with van der Waals surface area (Å²) >= 11 is 2.04. The highest BCUT2D eigenvalue weighted by molar-refractivity contribution is 8.03. The molecule has 0 aliphatic rings. The van der Waals surface area contributed by atoms with Crippen LogP contribution in [-0.4, -0.2) is 5.75 Å². The molecular weight excluding hydrogens is 224 g/mol. The van der Waals surface area contributed by atoms with E-state index in [4.69, 9.17) is 0 Å². The molecule has 0 aliphatic heterocycles. The van der Waals surface area contributed by atoms with Crippen LogP contribution in [0.4, 0.5) is 0 Å². The van der Waals surface area contributed by atoms with Crippen LogP contribution in [0.25, 0.3) is 0 Å². The number of rotatable bonds is 8. The van der Waals surface area contributed by atoms with E-state index >= 15 is 0 Å². The molecule has 17 heavy (non-hydrogen) atoms. The van der Waals surface area contributed by atoms with Crippen molar-refractivity contribution in [2.75, 3.05) is 5.75 Å². The lowest BCUT2D eigenvalue weighted by Gasteiger charge is -2.06. The van der Waals surface area contributed by atoms with E-state index in [0.29, 0.717) is 0 Å². The molecular formula is C16H24S. The highest BCUT2D eigenvalue weighted by Gasteiger charge is 1.98. The van der Waals surface area contributed by atoms with Gasteiger partial charge in [0.1, 0.15) is 0 Å². The Bertz CT molecular complexity index is 314. The van der Waals surface area contributed by atoms with E-state index in [1.54, 1.807) is 4.91 Å². The van der Waals surface area contributed by atoms with Crippen molar-refractivity contribution in [3.05, 3.63) is 46.9 Å². The van der Waals surface area contributed by atoms with Crippen LogP contribution in [0, 0.1) is 0 Å². The van der Waals surface area contributed by atoms with E-state index < -0.39 is 0 Å². The SMILES string of the molecule is CCC/C=C(/CCC)SCCc1ccccc1. The minimum atomic E-state index is 1.18. The molecule has 0 unspecified atom stereocenters. The summed E-state index contributed by atoms with van der Waals surface area (Å²) < 4.78 is 0. The van der Waals surface area contributed by atoms with Crippen LogP contribution in [0.2, 0.25) is 0 Å². The third-order valence-electron chi connectivity index (χ3n) is 2.68. The first-order valence-electron chi connectivity index (χ1n) is 6.72. The van der Waals surface area contributed by atoms with Gasteiger partial charge in [-0.15, -0.1) is 11.8 Å². The van der Waals surface area contributed by atoms with Gasteiger partial charge < -0.3 is 0 Å². The Morgan fingerprint density at radius 2 is 1.88 bits per heavy atom. The molecule has 0 fully saturated rings. The average molecular weight is 248 g/mol. The molecule has 0 N–H and O–H groups in total. The van der Waals surface area contributed by atoms with Gasteiger partial charge in [-0.25, -0.2) is 0 Å². The molecule has 1 rings (SSSR count). The average Bonchev–Trinajstić information content (AvgIpc) is 2.37. The molecule has 0 saturated heterocycles. The molecule has 0 bridgehead atoms. The predicted molar refractivity (Wildman–Crippen MR) is 80.5 cm³/mol. The molecule has 0 spiro atoms. The molecule has 0 heterocycles. The van der Waals surface area contributed by atoms with Crippen molar-refractivity contribution in [2.24, 2.45) is 0 Å². The van der Waals surface area contributed by atoms with Crippen molar-refractivity contribution >= 4 is 11.8 Å². The third-order valence-corrected chi connectivity index (χ3v) is 3.83. The zero-order chi connectivity index (χ0) is 12.3. The number of unbranched alkanes of at least 4 members (excludes halogenated alkanes) is 1. The van der Waals surface area contributed by atoms with Crippen molar-refractivity contribution < 1.29 is 0 Å². The zero-order valence-corrected chi connectivity index (χ0v) is 11.9. The van der Waals surface area contributed by atoms with Crippen molar-refractivity contribution in [3.8, 4) is 0 Å². The monoisotopic (exact) mass is 248 g/mol. The number of benzene rings is 1. The summed E-state index contributed by atoms with van der Waals surface area (Å²) in [7, 11) is 0. The Morgan fingerprint density at radius 1 is 1.12 bits per heavy atom. The summed E-state index contributed by atoms with van der Waals surface area (Å²) in [4.78, 5) is 1.59. The number of allylic oxidation sites excluding steroid dienone is 2. The maximum atomic E-state index is 2.43. The molecule has 0 saturated carbocycles. The molecule has 0 atom stereocenters. The van der Waals surface area contributed by atoms with Gasteiger partial charge in [-0.1, -0.05) is 63.1 Å². The zero-order valence-electron chi connectivity index (χ0n) is 11.1. The largest absolute Gasteiger partial charge is 0.131 e. The first-order chi connectivity index (χ1) is 8.36. The number of thioether (sulfide) groups is 1. The maximum absolute atomic E-state index is 2.43. The van der Waals surface area contributed by atoms with E-state index in [0.717, 1.165) is 0 Å². The van der Waals surface area contributed by atoms with Gasteiger partial charge in [0.25, 0.3) is 0 Å². The molecule has 1 aromatic carbocycles. The van der Waals surface area contributed by atoms with Gasteiger partial charge in [0.15, 0.2) is 0 Å². The van der Waals surface area contributed by atoms with Crippen LogP contribution < -0.4 is 0 Å². The fraction of sp³-hybridized carbons (Fsp3) is 0.500. The third kappa shape index (κ3) is 6.58. The molecule has 94 valence electrons. The topological polar surface area (TPSA) is 0 Å². The van der Waals surface area contributed by atoms with Crippen molar-refractivity contribution in [1.82, 2.24) is 0 Å². The molecule has 0 amide bonds. The fourth-order valence-electron chi connectivity index (χ4n) is 1.73. The first kappa shape index (κ1) is 14.4. The molecule has 0 radical (unpaired) electrons. The van der Waals surface area contributed by atoms with Crippen LogP contribution in [0.3, 0.4) is 0 Å². The molecule has 0 aromatic heterocycles. The highest BCUT2D eigenvalue weighted by Crippen LogP contribution is 2.23. The van der Waals surface area contributed by atoms with Gasteiger partial charge in [-0.05, 0) is 29.7 Å². The van der Waals surface area contributed by atoms with Gasteiger partial charge in [0, 0.05) is 5.75 Å². The second-order valence-corrected chi connectivity index (χ2v) is 5.51. The van der Waals surface area contributed by atoms with Gasteiger partial charge in [-0.2, -0.15) is 0 Å². The van der Waals surface area contributed by atoms with Crippen molar-refractivity contribution in [3.63, 3.8) is 0 Å². The first-order valence-corrected chi connectivity index (χ1v) is 7.71. The van der Waals surface area contributed by atoms with Gasteiger partial charge in [-0.3, -0.25) is 0 Å². The smallest absolute Gasteiger partial charge is 0.00172 e. The summed E-state index contributed by atoms with van der Waals surface area (Å²) in [5.74, 6) is 1.21. The molecule has 0 aliphatic carbocycles. The predicted octanol–water partition coefficient (Wildman–Crippen LogP) is 5.45. The second-order valence-electron chi connectivity index (χ2n) is 4.29. The molecule has 1 heteroatoms. The summed E-state index contributed by atoms with van der Waals surface area (Å²) in [6.45, 7) is 4.51. The van der Waals surface area contributed by atoms with Gasteiger partial charge in [0.05, 0.1) is 0 Å². The standard InChI is InChI=1S/C16H24S/c1-3-5-12-16(9-4-2)17-14-13-15-10-7-6-8-11-15/h6-8,10-12H,3-5,9,13-14H2,1-2H3/b16-12-. The minimum absolute atomic E-state index is 1.18. The summed E-state index contributed by atoms with van der Waals surface area (Å²) in [5.41, 5.74) is 1.45. The van der Waals surface area contributed by atoms with Gasteiger partial charge in [0.2, 0.25) is 0 Å². The second kappa shape index (κ2) is 9.35. The Labute approximate surface area is 111 Å². The Balaban J connectivity index is 2.32. The highest BCUT2D eigenvalue weighted by atomic mass is 32.2. The molecule has 1 aromatic rings. The lowest BCUT2D eigenvalue weighted by Crippen LogP contribution is -1.89. The van der Waals surface area contributed by atoms with E-state index in [-0.39, 0.29) is 0 Å². The lowest BCUT2D eigenvalue weighted by molar-refractivity contribution is 0.911. The Morgan fingerprint density at radius 3 is 2.53 bits per heavy atom. The van der Waals surface area contributed by atoms with E-state index in [9.17, 15) is 0 Å². The van der Waals surface area contributed by atoms with Crippen LogP contribution in [0.5, 0.6) is 0 Å². The summed E-state index contributed by atoms with van der Waals surface area (Å²) in [5, 5.41) is 0. The van der Waals surface area contributed by atoms with Crippen molar-refractivity contribution in [2.45, 2.75) is 46.0 Å². The number of hydrogen-bond acceptors (Lipinski definition) is 1. The Kier molecular flexibility index (Phi) is 7.91. The number of hydrogen-bond donors (Lipinski definition) is 0. The normalized spacial score (nSPS) is 11.8. The van der Waals surface area contributed by atoms with E-state index in [2.05, 4.69) is 50.3 Å². The van der Waals surface area contributed by atoms with E-state index in [1.165, 1.54) is 43.4 Å². The van der Waals surface area contributed by atoms with E-state index in [1.807, 2.05) is 11.8 Å². The van der Waals surface area contributed by atoms with Crippen LogP contribution in [0.15, 0.2) is 41.3 Å².